The van der Waals surface area contributed by atoms with Gasteiger partial charge < -0.3 is 14.1 Å². The van der Waals surface area contributed by atoms with Crippen LogP contribution in [-0.2, 0) is 0 Å². The van der Waals surface area contributed by atoms with Gasteiger partial charge in [0.25, 0.3) is 18.1 Å². The van der Waals surface area contributed by atoms with E-state index in [4.69, 9.17) is 9.15 Å². The number of furan rings is 1. The lowest BCUT2D eigenvalue weighted by atomic mass is 9.94. The van der Waals surface area contributed by atoms with E-state index in [0.29, 0.717) is 30.1 Å². The van der Waals surface area contributed by atoms with Crippen LogP contribution < -0.4 is 4.74 Å². The Bertz CT molecular complexity index is 1270. The topological polar surface area (TPSA) is 85.8 Å². The van der Waals surface area contributed by atoms with E-state index in [1.165, 1.54) is 16.9 Å². The predicted molar refractivity (Wildman–Crippen MR) is 106 cm³/mol. The number of fused-ring (bicyclic) bond motifs is 2. The molecular weight excluding hydrogens is 408 g/mol. The van der Waals surface area contributed by atoms with Crippen LogP contribution in [0.1, 0.15) is 47.1 Å². The largest absolute Gasteiger partial charge is 0.493 e. The number of para-hydroxylation sites is 1. The van der Waals surface area contributed by atoms with Crippen molar-refractivity contribution < 1.29 is 22.7 Å². The van der Waals surface area contributed by atoms with E-state index in [9.17, 15) is 13.6 Å². The van der Waals surface area contributed by atoms with Gasteiger partial charge in [-0.3, -0.25) is 4.79 Å². The first-order chi connectivity index (χ1) is 15.0. The lowest BCUT2D eigenvalue weighted by Gasteiger charge is -2.32. The molecule has 1 atom stereocenters. The van der Waals surface area contributed by atoms with Crippen LogP contribution in [0, 0.1) is 0 Å². The summed E-state index contributed by atoms with van der Waals surface area (Å²) < 4.78 is 39.2. The molecule has 0 radical (unpaired) electrons. The number of methoxy groups -OCH3 is 1. The molecule has 0 aliphatic carbocycles. The molecule has 1 amide bonds. The van der Waals surface area contributed by atoms with Crippen molar-refractivity contribution in [1.82, 2.24) is 24.5 Å². The summed E-state index contributed by atoms with van der Waals surface area (Å²) in [5.74, 6) is 0.467. The number of likely N-dealkylation sites (tertiary alicyclic amines) is 1. The highest BCUT2D eigenvalue weighted by atomic mass is 19.3. The molecule has 0 N–H and O–H groups in total. The summed E-state index contributed by atoms with van der Waals surface area (Å²) in [5.41, 5.74) is 0.742. The average Bonchev–Trinajstić information content (AvgIpc) is 3.44. The first kappa shape index (κ1) is 19.4. The Morgan fingerprint density at radius 2 is 2.19 bits per heavy atom. The van der Waals surface area contributed by atoms with Crippen molar-refractivity contribution in [2.45, 2.75) is 25.2 Å². The Balaban J connectivity index is 1.45. The van der Waals surface area contributed by atoms with Crippen LogP contribution in [0.15, 0.2) is 41.1 Å². The Labute approximate surface area is 175 Å². The van der Waals surface area contributed by atoms with Crippen molar-refractivity contribution in [2.24, 2.45) is 0 Å². The Morgan fingerprint density at radius 3 is 3.00 bits per heavy atom. The highest BCUT2D eigenvalue weighted by Gasteiger charge is 2.30. The summed E-state index contributed by atoms with van der Waals surface area (Å²) in [6, 6.07) is 8.50. The maximum Gasteiger partial charge on any atom is 0.289 e. The molecule has 1 saturated heterocycles. The minimum atomic E-state index is -2.72. The maximum atomic E-state index is 13.3. The number of nitrogens with zero attached hydrogens (tertiary/aromatic N) is 5. The molecule has 1 unspecified atom stereocenters. The number of piperidine rings is 1. The summed E-state index contributed by atoms with van der Waals surface area (Å²) in [6.07, 6.45) is 0.0311. The molecule has 0 saturated carbocycles. The summed E-state index contributed by atoms with van der Waals surface area (Å²) in [5, 5.41) is 4.91. The number of carbonyl (C=O) groups is 1. The first-order valence-corrected chi connectivity index (χ1v) is 9.89. The van der Waals surface area contributed by atoms with E-state index in [1.54, 1.807) is 24.1 Å². The molecule has 1 aliphatic rings. The first-order valence-electron chi connectivity index (χ1n) is 9.89. The Hall–Kier alpha value is -3.56. The van der Waals surface area contributed by atoms with Crippen LogP contribution in [0.4, 0.5) is 8.78 Å². The van der Waals surface area contributed by atoms with Gasteiger partial charge in [-0.15, -0.1) is 0 Å². The van der Waals surface area contributed by atoms with Crippen molar-refractivity contribution in [3.63, 3.8) is 0 Å². The van der Waals surface area contributed by atoms with Gasteiger partial charge in [-0.25, -0.2) is 18.3 Å². The molecule has 4 aromatic rings. The minimum Gasteiger partial charge on any atom is -0.493 e. The number of benzene rings is 1. The van der Waals surface area contributed by atoms with Crippen LogP contribution >= 0.6 is 0 Å². The zero-order valence-corrected chi connectivity index (χ0v) is 16.7. The number of carbonyl (C=O) groups excluding carboxylic acids is 1. The molecule has 3 aromatic heterocycles. The van der Waals surface area contributed by atoms with E-state index in [2.05, 4.69) is 15.1 Å². The highest BCUT2D eigenvalue weighted by molar-refractivity contribution is 5.97. The fraction of sp³-hybridized carbons (Fsp3) is 0.333. The average molecular weight is 427 g/mol. The second-order valence-corrected chi connectivity index (χ2v) is 7.46. The molecule has 1 aromatic carbocycles. The number of hydrogen-bond acceptors (Lipinski definition) is 6. The number of hydrogen-bond donors (Lipinski definition) is 0. The lowest BCUT2D eigenvalue weighted by molar-refractivity contribution is 0.0674. The maximum absolute atomic E-state index is 13.3. The summed E-state index contributed by atoms with van der Waals surface area (Å²) in [4.78, 5) is 22.7. The number of ether oxygens (including phenoxy) is 1. The molecule has 31 heavy (non-hydrogen) atoms. The van der Waals surface area contributed by atoms with Crippen LogP contribution in [0.3, 0.4) is 0 Å². The fourth-order valence-electron chi connectivity index (χ4n) is 4.12. The second kappa shape index (κ2) is 7.60. The number of rotatable bonds is 4. The van der Waals surface area contributed by atoms with Crippen LogP contribution in [-0.4, -0.2) is 50.6 Å². The minimum absolute atomic E-state index is 0.126. The lowest BCUT2D eigenvalue weighted by Crippen LogP contribution is -2.39. The molecule has 8 nitrogen and oxygen atoms in total. The van der Waals surface area contributed by atoms with E-state index in [1.807, 2.05) is 12.1 Å². The Kier molecular flexibility index (Phi) is 4.76. The quantitative estimate of drug-likeness (QED) is 0.492. The number of amides is 1. The van der Waals surface area contributed by atoms with Gasteiger partial charge in [0.05, 0.1) is 12.8 Å². The third-order valence-electron chi connectivity index (χ3n) is 5.59. The van der Waals surface area contributed by atoms with Crippen molar-refractivity contribution in [2.75, 3.05) is 20.2 Å². The van der Waals surface area contributed by atoms with Gasteiger partial charge in [0, 0.05) is 24.4 Å². The third kappa shape index (κ3) is 3.37. The van der Waals surface area contributed by atoms with Crippen molar-refractivity contribution in [3.8, 4) is 5.75 Å². The fourth-order valence-corrected chi connectivity index (χ4v) is 4.12. The van der Waals surface area contributed by atoms with Crippen LogP contribution in [0.5, 0.6) is 5.75 Å². The summed E-state index contributed by atoms with van der Waals surface area (Å²) >= 11 is 0. The van der Waals surface area contributed by atoms with Crippen molar-refractivity contribution >= 4 is 22.7 Å². The molecule has 1 fully saturated rings. The van der Waals surface area contributed by atoms with Gasteiger partial charge in [-0.2, -0.15) is 10.1 Å². The monoisotopic (exact) mass is 427 g/mol. The standard InChI is InChI=1S/C21H19F2N5O3/c1-30-16-6-2-4-12-8-17(31-18(12)16)20(29)27-7-3-5-13(10-27)15-9-14(19(22)23)26-21-24-11-25-28(15)21/h2,4,6,8-9,11,13,19H,3,5,7,10H2,1H3. The van der Waals surface area contributed by atoms with Gasteiger partial charge in [0.2, 0.25) is 0 Å². The molecule has 1 aliphatic heterocycles. The van der Waals surface area contributed by atoms with E-state index < -0.39 is 6.43 Å². The van der Waals surface area contributed by atoms with Crippen molar-refractivity contribution in [1.29, 1.82) is 0 Å². The predicted octanol–water partition coefficient (Wildman–Crippen LogP) is 3.84. The number of halogens is 2. The molecule has 10 heteroatoms. The number of aromatic nitrogens is 4. The molecule has 0 bridgehead atoms. The van der Waals surface area contributed by atoms with E-state index >= 15 is 0 Å². The molecule has 160 valence electrons. The molecular formula is C21H19F2N5O3. The summed E-state index contributed by atoms with van der Waals surface area (Å²) in [6.45, 7) is 0.908. The van der Waals surface area contributed by atoms with Crippen LogP contribution in [0.2, 0.25) is 0 Å². The van der Waals surface area contributed by atoms with Gasteiger partial charge >= 0.3 is 0 Å². The van der Waals surface area contributed by atoms with Gasteiger partial charge in [-0.05, 0) is 31.0 Å². The SMILES string of the molecule is COc1cccc2cc(C(=O)N3CCCC(c4cc(C(F)F)nc5ncnn45)C3)oc12. The molecule has 5 rings (SSSR count). The molecule has 0 spiro atoms. The van der Waals surface area contributed by atoms with Gasteiger partial charge in [0.1, 0.15) is 12.0 Å². The van der Waals surface area contributed by atoms with E-state index in [-0.39, 0.29) is 29.1 Å². The van der Waals surface area contributed by atoms with Gasteiger partial charge in [-0.1, -0.05) is 12.1 Å². The zero-order chi connectivity index (χ0) is 21.5. The second-order valence-electron chi connectivity index (χ2n) is 7.46. The molecule has 4 heterocycles. The smallest absolute Gasteiger partial charge is 0.289 e. The summed E-state index contributed by atoms with van der Waals surface area (Å²) in [7, 11) is 1.54. The third-order valence-corrected chi connectivity index (χ3v) is 5.59. The van der Waals surface area contributed by atoms with E-state index in [0.717, 1.165) is 18.2 Å². The van der Waals surface area contributed by atoms with Crippen LogP contribution in [0.25, 0.3) is 16.7 Å². The van der Waals surface area contributed by atoms with Crippen molar-refractivity contribution in [3.05, 3.63) is 53.8 Å². The van der Waals surface area contributed by atoms with Gasteiger partial charge in [0.15, 0.2) is 17.1 Å². The normalized spacial score (nSPS) is 17.0. The number of alkyl halides is 2. The zero-order valence-electron chi connectivity index (χ0n) is 16.7. The Morgan fingerprint density at radius 1 is 1.32 bits per heavy atom. The highest BCUT2D eigenvalue weighted by Crippen LogP contribution is 2.32.